The maximum Gasteiger partial charge on any atom is 0.293 e. The summed E-state index contributed by atoms with van der Waals surface area (Å²) < 4.78 is 35.9. The minimum Gasteiger partial charge on any atom is -0.456 e. The van der Waals surface area contributed by atoms with Gasteiger partial charge in [-0.15, -0.1) is 0 Å². The fourth-order valence-electron chi connectivity index (χ4n) is 9.27. The van der Waals surface area contributed by atoms with Crippen LogP contribution in [-0.4, -0.2) is 86.9 Å². The third-order valence-electron chi connectivity index (χ3n) is 12.9. The zero-order valence-electron chi connectivity index (χ0n) is 36.5. The molecule has 1 saturated heterocycles. The largest absolute Gasteiger partial charge is 0.456 e. The standard InChI is InChI=1S/C48H58Cl2N6O6S/c1-5-54(6-2)38-16-14-37(15-17-38)51-44-21-19-41(30-45(44)56(58)59)63(60,61)52-47(57)42-20-18-39(29-46(42)62-40-9-7-8-36(50)28-40)55-26-24-53(25-27-55)32-34-22-23-48(3,4)31-43(34)33-10-12-35(49)13-11-33/h7-13,18-21,28-30,37-38,51H,5-6,14-17,22-27,31-32H2,1-4H3,(H,52,57). The van der Waals surface area contributed by atoms with Crippen LogP contribution in [0.4, 0.5) is 17.1 Å². The van der Waals surface area contributed by atoms with Crippen molar-refractivity contribution in [3.05, 3.63) is 122 Å². The third-order valence-corrected chi connectivity index (χ3v) is 14.7. The number of halogens is 2. The molecule has 7 rings (SSSR count). The van der Waals surface area contributed by atoms with Crippen LogP contribution >= 0.6 is 23.2 Å². The first-order valence-corrected chi connectivity index (χ1v) is 24.2. The van der Waals surface area contributed by atoms with Crippen molar-refractivity contribution < 1.29 is 22.9 Å². The van der Waals surface area contributed by atoms with Crippen molar-refractivity contribution in [1.82, 2.24) is 14.5 Å². The number of nitrogens with one attached hydrogen (secondary N) is 2. The van der Waals surface area contributed by atoms with Crippen molar-refractivity contribution in [1.29, 1.82) is 0 Å². The molecule has 1 saturated carbocycles. The number of rotatable bonds is 15. The molecule has 0 radical (unpaired) electrons. The lowest BCUT2D eigenvalue weighted by Gasteiger charge is -2.39. The van der Waals surface area contributed by atoms with Crippen LogP contribution in [0.5, 0.6) is 11.5 Å². The van der Waals surface area contributed by atoms with Gasteiger partial charge in [-0.1, -0.05) is 74.7 Å². The zero-order chi connectivity index (χ0) is 44.9. The first kappa shape index (κ1) is 46.3. The first-order chi connectivity index (χ1) is 30.1. The summed E-state index contributed by atoms with van der Waals surface area (Å²) in [6, 6.07) is 24.1. The molecule has 63 heavy (non-hydrogen) atoms. The summed E-state index contributed by atoms with van der Waals surface area (Å²) in [6.45, 7) is 14.9. The monoisotopic (exact) mass is 916 g/mol. The van der Waals surface area contributed by atoms with Crippen LogP contribution in [0.25, 0.3) is 5.57 Å². The van der Waals surface area contributed by atoms with Gasteiger partial charge in [-0.2, -0.15) is 0 Å². The molecule has 0 aromatic heterocycles. The third kappa shape index (κ3) is 11.5. The number of carbonyl (C=O) groups is 1. The average Bonchev–Trinajstić information content (AvgIpc) is 3.25. The molecule has 1 heterocycles. The lowest BCUT2D eigenvalue weighted by atomic mass is 9.72. The van der Waals surface area contributed by atoms with Gasteiger partial charge < -0.3 is 19.9 Å². The average molecular weight is 918 g/mol. The smallest absolute Gasteiger partial charge is 0.293 e. The molecule has 2 fully saturated rings. The van der Waals surface area contributed by atoms with Crippen molar-refractivity contribution in [3.63, 3.8) is 0 Å². The molecular formula is C48H58Cl2N6O6S. The van der Waals surface area contributed by atoms with Gasteiger partial charge in [-0.25, -0.2) is 13.1 Å². The highest BCUT2D eigenvalue weighted by Gasteiger charge is 2.31. The van der Waals surface area contributed by atoms with Crippen molar-refractivity contribution >= 4 is 61.8 Å². The highest BCUT2D eigenvalue weighted by Crippen LogP contribution is 2.43. The van der Waals surface area contributed by atoms with E-state index < -0.39 is 25.7 Å². The Labute approximate surface area is 381 Å². The maximum absolute atomic E-state index is 13.9. The Hall–Kier alpha value is -4.66. The number of hydrogen-bond acceptors (Lipinski definition) is 10. The Morgan fingerprint density at radius 1 is 0.905 bits per heavy atom. The quantitative estimate of drug-likeness (QED) is 0.0876. The van der Waals surface area contributed by atoms with Crippen LogP contribution in [0.3, 0.4) is 0 Å². The highest BCUT2D eigenvalue weighted by molar-refractivity contribution is 7.90. The van der Waals surface area contributed by atoms with Crippen LogP contribution in [0.1, 0.15) is 88.6 Å². The Kier molecular flexibility index (Phi) is 14.7. The molecule has 0 unspecified atom stereocenters. The Morgan fingerprint density at radius 2 is 1.62 bits per heavy atom. The van der Waals surface area contributed by atoms with Gasteiger partial charge in [0.1, 0.15) is 17.2 Å². The Bertz CT molecular complexity index is 2430. The second kappa shape index (κ2) is 20.0. The topological polar surface area (TPSA) is 137 Å². The van der Waals surface area contributed by atoms with Gasteiger partial charge in [0.05, 0.1) is 15.4 Å². The zero-order valence-corrected chi connectivity index (χ0v) is 38.9. The molecule has 2 N–H and O–H groups in total. The van der Waals surface area contributed by atoms with Gasteiger partial charge in [0.2, 0.25) is 0 Å². The highest BCUT2D eigenvalue weighted by atomic mass is 35.5. The number of piperazine rings is 1. The van der Waals surface area contributed by atoms with E-state index in [1.165, 1.54) is 28.8 Å². The molecule has 4 aromatic rings. The molecule has 4 aromatic carbocycles. The molecule has 336 valence electrons. The summed E-state index contributed by atoms with van der Waals surface area (Å²) in [6.07, 6.45) is 6.82. The second-order valence-electron chi connectivity index (χ2n) is 17.7. The van der Waals surface area contributed by atoms with Gasteiger partial charge in [-0.05, 0) is 129 Å². The van der Waals surface area contributed by atoms with E-state index in [2.05, 4.69) is 64.6 Å². The van der Waals surface area contributed by atoms with Gasteiger partial charge in [-0.3, -0.25) is 19.8 Å². The predicted octanol–water partition coefficient (Wildman–Crippen LogP) is 10.7. The van der Waals surface area contributed by atoms with E-state index in [0.29, 0.717) is 16.8 Å². The lowest BCUT2D eigenvalue weighted by Crippen LogP contribution is -2.47. The predicted molar refractivity (Wildman–Crippen MR) is 253 cm³/mol. The summed E-state index contributed by atoms with van der Waals surface area (Å²) in [7, 11) is -4.55. The Morgan fingerprint density at radius 3 is 2.29 bits per heavy atom. The molecule has 0 atom stereocenters. The minimum atomic E-state index is -4.55. The summed E-state index contributed by atoms with van der Waals surface area (Å²) >= 11 is 12.5. The fraction of sp³-hybridized carbons (Fsp3) is 0.438. The van der Waals surface area contributed by atoms with E-state index in [4.69, 9.17) is 27.9 Å². The van der Waals surface area contributed by atoms with Crippen molar-refractivity contribution in [3.8, 4) is 11.5 Å². The van der Waals surface area contributed by atoms with Crippen LogP contribution in [0.15, 0.2) is 95.4 Å². The molecule has 0 bridgehead atoms. The van der Waals surface area contributed by atoms with Crippen LogP contribution < -0.4 is 19.7 Å². The number of nitrogens with zero attached hydrogens (tertiary/aromatic N) is 4. The molecule has 12 nitrogen and oxygen atoms in total. The second-order valence-corrected chi connectivity index (χ2v) is 20.2. The molecule has 2 aliphatic carbocycles. The summed E-state index contributed by atoms with van der Waals surface area (Å²) in [5.41, 5.74) is 4.98. The van der Waals surface area contributed by atoms with Gasteiger partial charge in [0, 0.05) is 72.7 Å². The number of benzene rings is 4. The van der Waals surface area contributed by atoms with Crippen LogP contribution in [-0.2, 0) is 10.0 Å². The van der Waals surface area contributed by atoms with E-state index >= 15 is 0 Å². The van der Waals surface area contributed by atoms with Crippen LogP contribution in [0.2, 0.25) is 10.0 Å². The summed E-state index contributed by atoms with van der Waals surface area (Å²) in [4.78, 5) is 32.3. The number of nitro groups is 1. The SMILES string of the molecule is CCN(CC)C1CCC(Nc2ccc(S(=O)(=O)NC(=O)c3ccc(N4CCN(CC5=C(c6ccc(Cl)cc6)CC(C)(C)CC5)CC4)cc3Oc3cccc(Cl)c3)cc2[N+](=O)[O-])CC1. The van der Waals surface area contributed by atoms with E-state index in [-0.39, 0.29) is 34.1 Å². The first-order valence-electron chi connectivity index (χ1n) is 22.0. The summed E-state index contributed by atoms with van der Waals surface area (Å²) in [5.74, 6) is -0.450. The molecule has 0 spiro atoms. The van der Waals surface area contributed by atoms with E-state index in [9.17, 15) is 23.3 Å². The number of anilines is 2. The molecule has 1 amide bonds. The number of carbonyl (C=O) groups excluding carboxylic acids is 1. The van der Waals surface area contributed by atoms with Gasteiger partial charge in [0.15, 0.2) is 0 Å². The fourth-order valence-corrected chi connectivity index (χ4v) is 10.6. The molecular weight excluding hydrogens is 860 g/mol. The lowest BCUT2D eigenvalue weighted by molar-refractivity contribution is -0.384. The Balaban J connectivity index is 1.06. The number of ether oxygens (including phenoxy) is 1. The molecule has 15 heteroatoms. The minimum absolute atomic E-state index is 0.0171. The van der Waals surface area contributed by atoms with Gasteiger partial charge in [0.25, 0.3) is 21.6 Å². The van der Waals surface area contributed by atoms with Gasteiger partial charge >= 0.3 is 0 Å². The number of amides is 1. The number of nitro benzene ring substituents is 1. The van der Waals surface area contributed by atoms with E-state index in [1.54, 1.807) is 42.5 Å². The van der Waals surface area contributed by atoms with Crippen LogP contribution in [0, 0.1) is 15.5 Å². The van der Waals surface area contributed by atoms with E-state index in [0.717, 1.165) is 108 Å². The number of hydrogen-bond donors (Lipinski definition) is 2. The normalized spacial score (nSPS) is 19.5. The summed E-state index contributed by atoms with van der Waals surface area (Å²) in [5, 5.41) is 16.7. The van der Waals surface area contributed by atoms with Crippen molar-refractivity contribution in [2.75, 3.05) is 56.0 Å². The van der Waals surface area contributed by atoms with Crippen molar-refractivity contribution in [2.45, 2.75) is 89.6 Å². The molecule has 1 aliphatic heterocycles. The maximum atomic E-state index is 13.9. The number of allylic oxidation sites excluding steroid dienone is 1. The number of sulfonamides is 1. The molecule has 3 aliphatic rings. The van der Waals surface area contributed by atoms with Crippen molar-refractivity contribution in [2.24, 2.45) is 5.41 Å². The van der Waals surface area contributed by atoms with E-state index in [1.807, 2.05) is 12.1 Å².